The highest BCUT2D eigenvalue weighted by Gasteiger charge is 2.05. The van der Waals surface area contributed by atoms with Crippen molar-refractivity contribution in [3.05, 3.63) is 92.2 Å². The lowest BCUT2D eigenvalue weighted by molar-refractivity contribution is -0.111. The number of carbonyl (C=O) groups excluding carboxylic acids is 1. The van der Waals surface area contributed by atoms with E-state index in [9.17, 15) is 9.59 Å². The Balaban J connectivity index is 1.73. The summed E-state index contributed by atoms with van der Waals surface area (Å²) in [7, 11) is 0. The maximum Gasteiger partial charge on any atom is 0.250 e. The minimum absolute atomic E-state index is 0.182. The molecule has 1 N–H and O–H groups in total. The van der Waals surface area contributed by atoms with E-state index in [4.69, 9.17) is 16.0 Å². The molecule has 0 bridgehead atoms. The topological polar surface area (TPSA) is 64.2 Å². The molecule has 0 fully saturated rings. The Morgan fingerprint density at radius 1 is 1.19 bits per heavy atom. The number of carbonyl (C=O) groups is 1. The van der Waals surface area contributed by atoms with Gasteiger partial charge >= 0.3 is 0 Å². The molecule has 0 atom stereocenters. The quantitative estimate of drug-likeness (QED) is 0.600. The van der Waals surface area contributed by atoms with Gasteiger partial charge in [0.15, 0.2) is 4.67 Å². The van der Waals surface area contributed by atoms with E-state index >= 15 is 0 Å². The van der Waals surface area contributed by atoms with Crippen molar-refractivity contribution < 1.29 is 9.21 Å². The smallest absolute Gasteiger partial charge is 0.250 e. The summed E-state index contributed by atoms with van der Waals surface area (Å²) < 4.78 is 7.37. The van der Waals surface area contributed by atoms with Crippen LogP contribution in [0.1, 0.15) is 11.3 Å². The van der Waals surface area contributed by atoms with Gasteiger partial charge in [-0.05, 0) is 51.8 Å². The average Bonchev–Trinajstić information content (AvgIpc) is 3.03. The van der Waals surface area contributed by atoms with Crippen LogP contribution in [0.3, 0.4) is 0 Å². The van der Waals surface area contributed by atoms with E-state index in [1.807, 2.05) is 18.2 Å². The maximum atomic E-state index is 12.1. The number of benzene rings is 1. The molecule has 0 unspecified atom stereocenters. The molecule has 26 heavy (non-hydrogen) atoms. The predicted octanol–water partition coefficient (Wildman–Crippen LogP) is 4.56. The third-order valence-corrected chi connectivity index (χ3v) is 4.34. The number of aromatic nitrogens is 1. The number of hydrogen-bond acceptors (Lipinski definition) is 3. The van der Waals surface area contributed by atoms with Crippen LogP contribution >= 0.6 is 27.5 Å². The van der Waals surface area contributed by atoms with Crippen LogP contribution in [-0.2, 0) is 11.3 Å². The van der Waals surface area contributed by atoms with Crippen molar-refractivity contribution in [3.8, 4) is 0 Å². The molecule has 2 heterocycles. The van der Waals surface area contributed by atoms with Crippen LogP contribution in [0.5, 0.6) is 0 Å². The Hall–Kier alpha value is -2.57. The molecule has 3 aromatic rings. The highest BCUT2D eigenvalue weighted by molar-refractivity contribution is 9.10. The molecule has 7 heteroatoms. The van der Waals surface area contributed by atoms with Gasteiger partial charge in [0, 0.05) is 23.4 Å². The molecule has 0 spiro atoms. The summed E-state index contributed by atoms with van der Waals surface area (Å²) in [6.07, 6.45) is 4.50. The normalized spacial score (nSPS) is 11.0. The Morgan fingerprint density at radius 2 is 2.00 bits per heavy atom. The van der Waals surface area contributed by atoms with Crippen LogP contribution in [0.2, 0.25) is 5.02 Å². The summed E-state index contributed by atoms with van der Waals surface area (Å²) in [5, 5.41) is 3.30. The highest BCUT2D eigenvalue weighted by Crippen LogP contribution is 2.17. The molecule has 5 nitrogen and oxygen atoms in total. The van der Waals surface area contributed by atoms with Gasteiger partial charge in [0.05, 0.1) is 12.2 Å². The second-order valence-electron chi connectivity index (χ2n) is 5.44. The van der Waals surface area contributed by atoms with Crippen molar-refractivity contribution in [2.75, 3.05) is 5.32 Å². The van der Waals surface area contributed by atoms with Gasteiger partial charge in [-0.3, -0.25) is 9.59 Å². The van der Waals surface area contributed by atoms with Crippen molar-refractivity contribution in [3.63, 3.8) is 0 Å². The van der Waals surface area contributed by atoms with Crippen molar-refractivity contribution in [2.24, 2.45) is 0 Å². The lowest BCUT2D eigenvalue weighted by atomic mass is 10.2. The molecule has 0 aliphatic carbocycles. The lowest BCUT2D eigenvalue weighted by Crippen LogP contribution is -2.20. The van der Waals surface area contributed by atoms with Crippen LogP contribution in [0, 0.1) is 0 Å². The van der Waals surface area contributed by atoms with Crippen molar-refractivity contribution >= 4 is 45.2 Å². The molecular weight excluding hydrogens is 420 g/mol. The summed E-state index contributed by atoms with van der Waals surface area (Å²) in [5.74, 6) is 0.219. The molecule has 1 amide bonds. The number of pyridine rings is 1. The second kappa shape index (κ2) is 8.21. The van der Waals surface area contributed by atoms with E-state index in [2.05, 4.69) is 21.2 Å². The third-order valence-electron chi connectivity index (χ3n) is 3.54. The van der Waals surface area contributed by atoms with Crippen LogP contribution < -0.4 is 10.9 Å². The Labute approximate surface area is 163 Å². The van der Waals surface area contributed by atoms with Gasteiger partial charge in [0.1, 0.15) is 5.76 Å². The van der Waals surface area contributed by atoms with E-state index in [1.54, 1.807) is 36.5 Å². The van der Waals surface area contributed by atoms with E-state index in [1.165, 1.54) is 16.7 Å². The summed E-state index contributed by atoms with van der Waals surface area (Å²) in [5.41, 5.74) is 1.15. The average molecular weight is 434 g/mol. The van der Waals surface area contributed by atoms with Gasteiger partial charge in [-0.25, -0.2) is 0 Å². The van der Waals surface area contributed by atoms with Gasteiger partial charge in [-0.2, -0.15) is 0 Å². The first-order valence-corrected chi connectivity index (χ1v) is 8.87. The largest absolute Gasteiger partial charge is 0.450 e. The van der Waals surface area contributed by atoms with E-state index in [0.29, 0.717) is 27.7 Å². The van der Waals surface area contributed by atoms with E-state index in [0.717, 1.165) is 5.56 Å². The first-order chi connectivity index (χ1) is 12.5. The maximum absolute atomic E-state index is 12.1. The lowest BCUT2D eigenvalue weighted by Gasteiger charge is -2.10. The summed E-state index contributed by atoms with van der Waals surface area (Å²) >= 11 is 9.34. The third kappa shape index (κ3) is 4.74. The number of rotatable bonds is 5. The first kappa shape index (κ1) is 18.2. The predicted molar refractivity (Wildman–Crippen MR) is 105 cm³/mol. The number of nitrogens with zero attached hydrogens (tertiary/aromatic N) is 1. The number of hydrogen-bond donors (Lipinski definition) is 1. The zero-order valence-corrected chi connectivity index (χ0v) is 15.8. The fraction of sp³-hybridized carbons (Fsp3) is 0.0526. The molecule has 1 aromatic carbocycles. The number of nitrogens with one attached hydrogen (secondary N) is 1. The van der Waals surface area contributed by atoms with E-state index < -0.39 is 0 Å². The molecule has 0 aliphatic heterocycles. The van der Waals surface area contributed by atoms with Crippen LogP contribution in [0.15, 0.2) is 74.7 Å². The summed E-state index contributed by atoms with van der Waals surface area (Å²) in [6.45, 7) is 0.318. The molecular formula is C19H14BrClN2O3. The number of anilines is 1. The molecule has 0 radical (unpaired) electrons. The molecule has 3 rings (SSSR count). The van der Waals surface area contributed by atoms with Crippen molar-refractivity contribution in [1.29, 1.82) is 0 Å². The van der Waals surface area contributed by atoms with Gasteiger partial charge in [-0.1, -0.05) is 29.8 Å². The Morgan fingerprint density at radius 3 is 2.73 bits per heavy atom. The molecule has 0 saturated heterocycles. The summed E-state index contributed by atoms with van der Waals surface area (Å²) in [6, 6.07) is 13.7. The number of halogens is 2. The van der Waals surface area contributed by atoms with Crippen molar-refractivity contribution in [2.45, 2.75) is 6.54 Å². The number of furan rings is 1. The van der Waals surface area contributed by atoms with Gasteiger partial charge < -0.3 is 14.3 Å². The van der Waals surface area contributed by atoms with Gasteiger partial charge in [-0.15, -0.1) is 0 Å². The fourth-order valence-corrected chi connectivity index (χ4v) is 2.81. The molecule has 0 saturated carbocycles. The molecule has 2 aromatic heterocycles. The second-order valence-corrected chi connectivity index (χ2v) is 6.63. The number of amides is 1. The minimum atomic E-state index is -0.333. The SMILES string of the molecule is O=C(C=Cc1ccc(Br)o1)Nc1ccc(=O)n(Cc2ccccc2Cl)c1. The minimum Gasteiger partial charge on any atom is -0.450 e. The Kier molecular flexibility index (Phi) is 5.75. The Bertz CT molecular complexity index is 1020. The van der Waals surface area contributed by atoms with Crippen LogP contribution in [-0.4, -0.2) is 10.5 Å². The van der Waals surface area contributed by atoms with Crippen LogP contribution in [0.25, 0.3) is 6.08 Å². The standard InChI is InChI=1S/C19H14BrClN2O3/c20-17-8-6-15(26-17)7-9-18(24)22-14-5-10-19(25)23(12-14)11-13-3-1-2-4-16(13)21/h1-10,12H,11H2,(H,22,24). The first-order valence-electron chi connectivity index (χ1n) is 7.69. The van der Waals surface area contributed by atoms with Gasteiger partial charge in [0.25, 0.3) is 5.56 Å². The summed E-state index contributed by atoms with van der Waals surface area (Å²) in [4.78, 5) is 24.1. The van der Waals surface area contributed by atoms with Crippen molar-refractivity contribution in [1.82, 2.24) is 4.57 Å². The van der Waals surface area contributed by atoms with Crippen LogP contribution in [0.4, 0.5) is 5.69 Å². The highest BCUT2D eigenvalue weighted by atomic mass is 79.9. The van der Waals surface area contributed by atoms with E-state index in [-0.39, 0.29) is 11.5 Å². The van der Waals surface area contributed by atoms with Gasteiger partial charge in [0.2, 0.25) is 5.91 Å². The fourth-order valence-electron chi connectivity index (χ4n) is 2.30. The zero-order chi connectivity index (χ0) is 18.5. The monoisotopic (exact) mass is 432 g/mol. The zero-order valence-electron chi connectivity index (χ0n) is 13.5. The molecule has 0 aliphatic rings. The molecule has 132 valence electrons.